The third-order valence-corrected chi connectivity index (χ3v) is 4.18. The zero-order chi connectivity index (χ0) is 16.5. The van der Waals surface area contributed by atoms with Crippen LogP contribution >= 0.6 is 15.9 Å². The van der Waals surface area contributed by atoms with Crippen LogP contribution in [0, 0.1) is 11.3 Å². The van der Waals surface area contributed by atoms with E-state index in [1.807, 2.05) is 60.8 Å². The lowest BCUT2D eigenvalue weighted by Crippen LogP contribution is -1.93. The van der Waals surface area contributed by atoms with Crippen molar-refractivity contribution in [3.8, 4) is 17.3 Å². The molecular formula is C18H12BrN5. The molecule has 0 aliphatic heterocycles. The summed E-state index contributed by atoms with van der Waals surface area (Å²) in [6.07, 6.45) is 1.89. The van der Waals surface area contributed by atoms with E-state index in [2.05, 4.69) is 37.4 Å². The second-order valence-corrected chi connectivity index (χ2v) is 6.21. The first kappa shape index (κ1) is 14.5. The second-order valence-electron chi connectivity index (χ2n) is 5.29. The number of rotatable bonds is 3. The summed E-state index contributed by atoms with van der Waals surface area (Å²) in [5.74, 6) is 0.623. The van der Waals surface area contributed by atoms with E-state index in [1.165, 1.54) is 0 Å². The van der Waals surface area contributed by atoms with Crippen LogP contribution in [0.3, 0.4) is 0 Å². The molecule has 4 rings (SSSR count). The highest BCUT2D eigenvalue weighted by atomic mass is 79.9. The van der Waals surface area contributed by atoms with E-state index in [1.54, 1.807) is 4.52 Å². The molecule has 0 fully saturated rings. The average Bonchev–Trinajstić information content (AvgIpc) is 3.13. The highest BCUT2D eigenvalue weighted by Crippen LogP contribution is 2.27. The lowest BCUT2D eigenvalue weighted by Gasteiger charge is -2.04. The number of nitrogens with zero attached hydrogens (tertiary/aromatic N) is 3. The molecule has 0 saturated carbocycles. The first-order valence-electron chi connectivity index (χ1n) is 7.34. The smallest absolute Gasteiger partial charge is 0.173 e. The molecule has 2 heterocycles. The molecular weight excluding hydrogens is 366 g/mol. The summed E-state index contributed by atoms with van der Waals surface area (Å²) >= 11 is 3.44. The standard InChI is InChI=1S/C18H12BrN5/c19-13-7-4-8-14(9-13)21-17-15(10-20)18-22-16(11-24(18)23-17)12-5-2-1-3-6-12/h1-9,11,21,23H. The maximum absolute atomic E-state index is 9.55. The first-order valence-corrected chi connectivity index (χ1v) is 8.13. The van der Waals surface area contributed by atoms with Crippen LogP contribution in [0.2, 0.25) is 0 Å². The summed E-state index contributed by atoms with van der Waals surface area (Å²) in [5, 5.41) is 16.0. The van der Waals surface area contributed by atoms with Crippen molar-refractivity contribution in [3.05, 3.63) is 70.8 Å². The fourth-order valence-corrected chi connectivity index (χ4v) is 2.98. The number of fused-ring (bicyclic) bond motifs is 1. The van der Waals surface area contributed by atoms with E-state index in [0.717, 1.165) is 21.4 Å². The summed E-state index contributed by atoms with van der Waals surface area (Å²) in [5.41, 5.74) is 3.81. The maximum Gasteiger partial charge on any atom is 0.173 e. The first-order chi connectivity index (χ1) is 11.7. The van der Waals surface area contributed by atoms with Crippen LogP contribution in [0.25, 0.3) is 16.9 Å². The van der Waals surface area contributed by atoms with Gasteiger partial charge in [-0.05, 0) is 18.2 Å². The van der Waals surface area contributed by atoms with Gasteiger partial charge in [-0.1, -0.05) is 52.3 Å². The van der Waals surface area contributed by atoms with E-state index in [9.17, 15) is 5.26 Å². The van der Waals surface area contributed by atoms with Crippen molar-refractivity contribution in [3.63, 3.8) is 0 Å². The second kappa shape index (κ2) is 5.87. The molecule has 2 N–H and O–H groups in total. The van der Waals surface area contributed by atoms with Gasteiger partial charge < -0.3 is 5.32 Å². The summed E-state index contributed by atoms with van der Waals surface area (Å²) in [4.78, 5) is 4.59. The zero-order valence-electron chi connectivity index (χ0n) is 12.5. The van der Waals surface area contributed by atoms with Crippen molar-refractivity contribution >= 4 is 33.1 Å². The SMILES string of the molecule is N#Cc1c(Nc2cccc(Br)c2)[nH]n2cc(-c3ccccc3)nc12. The Bertz CT molecular complexity index is 1060. The quantitative estimate of drug-likeness (QED) is 0.543. The van der Waals surface area contributed by atoms with Crippen LogP contribution in [0.1, 0.15) is 5.56 Å². The normalized spacial score (nSPS) is 10.7. The average molecular weight is 378 g/mol. The monoisotopic (exact) mass is 377 g/mol. The molecule has 0 unspecified atom stereocenters. The molecule has 6 heteroatoms. The van der Waals surface area contributed by atoms with Gasteiger partial charge in [0, 0.05) is 15.7 Å². The number of H-pyrrole nitrogens is 1. The number of hydrogen-bond acceptors (Lipinski definition) is 3. The van der Waals surface area contributed by atoms with Crippen molar-refractivity contribution in [1.82, 2.24) is 14.6 Å². The number of hydrogen-bond donors (Lipinski definition) is 2. The Balaban J connectivity index is 1.76. The summed E-state index contributed by atoms with van der Waals surface area (Å²) in [6.45, 7) is 0. The summed E-state index contributed by atoms with van der Waals surface area (Å²) in [6, 6.07) is 19.9. The van der Waals surface area contributed by atoms with Crippen LogP contribution in [0.4, 0.5) is 11.5 Å². The number of aromatic amines is 1. The number of aromatic nitrogens is 3. The van der Waals surface area contributed by atoms with Gasteiger partial charge in [0.2, 0.25) is 0 Å². The molecule has 0 aliphatic rings. The Kier molecular flexibility index (Phi) is 3.56. The fraction of sp³-hybridized carbons (Fsp3) is 0. The largest absolute Gasteiger partial charge is 0.339 e. The highest BCUT2D eigenvalue weighted by Gasteiger charge is 2.15. The van der Waals surface area contributed by atoms with E-state index in [4.69, 9.17) is 0 Å². The summed E-state index contributed by atoms with van der Waals surface area (Å²) in [7, 11) is 0. The van der Waals surface area contributed by atoms with Crippen LogP contribution in [0.5, 0.6) is 0 Å². The van der Waals surface area contributed by atoms with Crippen molar-refractivity contribution in [2.45, 2.75) is 0 Å². The Morgan fingerprint density at radius 1 is 1.12 bits per heavy atom. The molecule has 0 bridgehead atoms. The molecule has 2 aromatic heterocycles. The Morgan fingerprint density at radius 3 is 2.71 bits per heavy atom. The predicted octanol–water partition coefficient (Wildman–Crippen LogP) is 4.71. The minimum atomic E-state index is 0.483. The number of nitrogens with one attached hydrogen (secondary N) is 2. The number of benzene rings is 2. The van der Waals surface area contributed by atoms with Gasteiger partial charge in [0.05, 0.1) is 11.9 Å². The number of halogens is 1. The fourth-order valence-electron chi connectivity index (χ4n) is 2.58. The van der Waals surface area contributed by atoms with E-state index < -0.39 is 0 Å². The Morgan fingerprint density at radius 2 is 1.96 bits per heavy atom. The van der Waals surface area contributed by atoms with E-state index >= 15 is 0 Å². The third-order valence-electron chi connectivity index (χ3n) is 3.69. The number of nitriles is 1. The lowest BCUT2D eigenvalue weighted by molar-refractivity contribution is 0.978. The van der Waals surface area contributed by atoms with Crippen LogP contribution < -0.4 is 5.32 Å². The number of anilines is 2. The molecule has 0 atom stereocenters. The van der Waals surface area contributed by atoms with Crippen molar-refractivity contribution in [2.75, 3.05) is 5.32 Å². The molecule has 0 spiro atoms. The predicted molar refractivity (Wildman–Crippen MR) is 97.1 cm³/mol. The summed E-state index contributed by atoms with van der Waals surface area (Å²) < 4.78 is 2.73. The van der Waals surface area contributed by atoms with Gasteiger partial charge in [0.15, 0.2) is 5.65 Å². The van der Waals surface area contributed by atoms with Crippen molar-refractivity contribution in [1.29, 1.82) is 5.26 Å². The number of imidazole rings is 1. The van der Waals surface area contributed by atoms with Gasteiger partial charge >= 0.3 is 0 Å². The van der Waals surface area contributed by atoms with Crippen LogP contribution in [-0.2, 0) is 0 Å². The van der Waals surface area contributed by atoms with Crippen molar-refractivity contribution < 1.29 is 0 Å². The third kappa shape index (κ3) is 2.55. The van der Waals surface area contributed by atoms with Gasteiger partial charge in [-0.15, -0.1) is 0 Å². The molecule has 116 valence electrons. The highest BCUT2D eigenvalue weighted by molar-refractivity contribution is 9.10. The van der Waals surface area contributed by atoms with Crippen LogP contribution in [-0.4, -0.2) is 14.6 Å². The van der Waals surface area contributed by atoms with Crippen molar-refractivity contribution in [2.24, 2.45) is 0 Å². The molecule has 5 nitrogen and oxygen atoms in total. The lowest BCUT2D eigenvalue weighted by atomic mass is 10.2. The van der Waals surface area contributed by atoms with Gasteiger partial charge in [-0.3, -0.25) is 5.10 Å². The van der Waals surface area contributed by atoms with Gasteiger partial charge in [0.1, 0.15) is 17.5 Å². The van der Waals surface area contributed by atoms with Gasteiger partial charge in [-0.25, -0.2) is 9.50 Å². The van der Waals surface area contributed by atoms with Gasteiger partial charge in [0.25, 0.3) is 0 Å². The topological polar surface area (TPSA) is 68.9 Å². The molecule has 0 radical (unpaired) electrons. The molecule has 0 aliphatic carbocycles. The van der Waals surface area contributed by atoms with Gasteiger partial charge in [-0.2, -0.15) is 5.26 Å². The molecule has 0 saturated heterocycles. The minimum Gasteiger partial charge on any atom is -0.339 e. The Hall–Kier alpha value is -3.04. The van der Waals surface area contributed by atoms with E-state index in [0.29, 0.717) is 17.0 Å². The Labute approximate surface area is 146 Å². The molecule has 4 aromatic rings. The molecule has 24 heavy (non-hydrogen) atoms. The molecule has 0 amide bonds. The van der Waals surface area contributed by atoms with E-state index in [-0.39, 0.29) is 0 Å². The molecule has 2 aromatic carbocycles. The minimum absolute atomic E-state index is 0.483. The maximum atomic E-state index is 9.55. The van der Waals surface area contributed by atoms with Crippen LogP contribution in [0.15, 0.2) is 65.3 Å². The zero-order valence-corrected chi connectivity index (χ0v) is 14.1.